The Kier molecular flexibility index (Phi) is 5.08. The van der Waals surface area contributed by atoms with Gasteiger partial charge in [-0.25, -0.2) is 0 Å². The van der Waals surface area contributed by atoms with E-state index < -0.39 is 5.54 Å². The van der Waals surface area contributed by atoms with Gasteiger partial charge in [0.05, 0.1) is 0 Å². The molecule has 20 heavy (non-hydrogen) atoms. The van der Waals surface area contributed by atoms with Crippen molar-refractivity contribution in [3.63, 3.8) is 0 Å². The summed E-state index contributed by atoms with van der Waals surface area (Å²) >= 11 is 0. The van der Waals surface area contributed by atoms with Crippen LogP contribution in [0.15, 0.2) is 0 Å². The van der Waals surface area contributed by atoms with Gasteiger partial charge < -0.3 is 11.1 Å². The van der Waals surface area contributed by atoms with Crippen molar-refractivity contribution >= 4 is 5.91 Å². The van der Waals surface area contributed by atoms with Crippen LogP contribution in [0.4, 0.5) is 0 Å². The molecule has 2 fully saturated rings. The Morgan fingerprint density at radius 3 is 2.75 bits per heavy atom. The maximum atomic E-state index is 11.9. The van der Waals surface area contributed by atoms with Crippen LogP contribution in [0.3, 0.4) is 0 Å². The average molecular weight is 281 g/mol. The lowest BCUT2D eigenvalue weighted by molar-refractivity contribution is -0.125. The second-order valence-electron chi connectivity index (χ2n) is 6.69. The number of hydrogen-bond acceptors (Lipinski definition) is 3. The fourth-order valence-electron chi connectivity index (χ4n) is 4.52. The molecule has 1 aliphatic heterocycles. The number of nitrogens with two attached hydrogens (primary N) is 1. The highest BCUT2D eigenvalue weighted by atomic mass is 16.1. The zero-order valence-corrected chi connectivity index (χ0v) is 13.3. The summed E-state index contributed by atoms with van der Waals surface area (Å²) in [6, 6.07) is 1.43. The lowest BCUT2D eigenvalue weighted by atomic mass is 9.84. The third-order valence-electron chi connectivity index (χ3n) is 5.87. The average Bonchev–Trinajstić information content (AvgIpc) is 3.00. The molecule has 4 heteroatoms. The second kappa shape index (κ2) is 6.44. The highest BCUT2D eigenvalue weighted by Gasteiger charge is 2.46. The zero-order valence-electron chi connectivity index (χ0n) is 13.3. The van der Waals surface area contributed by atoms with Crippen LogP contribution in [0.25, 0.3) is 0 Å². The molecule has 4 unspecified atom stereocenters. The smallest absolute Gasteiger partial charge is 0.238 e. The quantitative estimate of drug-likeness (QED) is 0.781. The first-order valence-electron chi connectivity index (χ1n) is 8.29. The Morgan fingerprint density at radius 1 is 1.40 bits per heavy atom. The van der Waals surface area contributed by atoms with Crippen molar-refractivity contribution < 1.29 is 4.79 Å². The zero-order chi connectivity index (χ0) is 14.8. The van der Waals surface area contributed by atoms with Crippen LogP contribution >= 0.6 is 0 Å². The Hall–Kier alpha value is -0.610. The van der Waals surface area contributed by atoms with E-state index in [2.05, 4.69) is 24.1 Å². The fraction of sp³-hybridized carbons (Fsp3) is 0.938. The maximum absolute atomic E-state index is 11.9. The van der Waals surface area contributed by atoms with Crippen LogP contribution in [0.5, 0.6) is 0 Å². The van der Waals surface area contributed by atoms with Gasteiger partial charge in [0, 0.05) is 12.1 Å². The highest BCUT2D eigenvalue weighted by Crippen LogP contribution is 2.38. The van der Waals surface area contributed by atoms with Crippen LogP contribution < -0.4 is 11.1 Å². The molecule has 3 N–H and O–H groups in total. The minimum Gasteiger partial charge on any atom is -0.368 e. The summed E-state index contributed by atoms with van der Waals surface area (Å²) < 4.78 is 0. The van der Waals surface area contributed by atoms with E-state index >= 15 is 0 Å². The largest absolute Gasteiger partial charge is 0.368 e. The molecule has 4 atom stereocenters. The molecular formula is C16H31N3O. The summed E-state index contributed by atoms with van der Waals surface area (Å²) in [7, 11) is 1.89. The van der Waals surface area contributed by atoms with Gasteiger partial charge in [-0.15, -0.1) is 0 Å². The summed E-state index contributed by atoms with van der Waals surface area (Å²) in [4.78, 5) is 14.5. The highest BCUT2D eigenvalue weighted by molar-refractivity contribution is 5.85. The lowest BCUT2D eigenvalue weighted by Crippen LogP contribution is -2.57. The van der Waals surface area contributed by atoms with Crippen molar-refractivity contribution in [2.24, 2.45) is 11.7 Å². The number of nitrogens with zero attached hydrogens (tertiary/aromatic N) is 1. The molecule has 1 heterocycles. The molecule has 116 valence electrons. The first kappa shape index (κ1) is 15.8. The Morgan fingerprint density at radius 2 is 2.15 bits per heavy atom. The van der Waals surface area contributed by atoms with Gasteiger partial charge in [-0.2, -0.15) is 0 Å². The number of nitrogens with one attached hydrogen (secondary N) is 1. The molecule has 0 aromatic rings. The van der Waals surface area contributed by atoms with Gasteiger partial charge in [-0.1, -0.05) is 13.3 Å². The number of rotatable bonds is 6. The van der Waals surface area contributed by atoms with Crippen LogP contribution in [0.1, 0.15) is 58.8 Å². The molecule has 2 aliphatic rings. The number of likely N-dealkylation sites (tertiary alicyclic amines) is 1. The van der Waals surface area contributed by atoms with E-state index in [1.54, 1.807) is 0 Å². The first-order valence-corrected chi connectivity index (χ1v) is 8.29. The maximum Gasteiger partial charge on any atom is 0.238 e. The van der Waals surface area contributed by atoms with Crippen molar-refractivity contribution in [2.75, 3.05) is 13.6 Å². The third-order valence-corrected chi connectivity index (χ3v) is 5.87. The van der Waals surface area contributed by atoms with E-state index in [1.807, 2.05) is 7.05 Å². The van der Waals surface area contributed by atoms with E-state index in [0.717, 1.165) is 38.3 Å². The van der Waals surface area contributed by atoms with E-state index in [4.69, 9.17) is 5.73 Å². The molecule has 1 saturated heterocycles. The Bertz CT molecular complexity index is 347. The van der Waals surface area contributed by atoms with Crippen molar-refractivity contribution in [2.45, 2.75) is 76.4 Å². The van der Waals surface area contributed by atoms with Gasteiger partial charge in [-0.05, 0) is 65.0 Å². The van der Waals surface area contributed by atoms with Gasteiger partial charge >= 0.3 is 0 Å². The first-order chi connectivity index (χ1) is 9.55. The van der Waals surface area contributed by atoms with Gasteiger partial charge in [0.2, 0.25) is 5.91 Å². The summed E-state index contributed by atoms with van der Waals surface area (Å²) in [5, 5.41) is 3.25. The molecule has 0 aromatic carbocycles. The number of carbonyl (C=O) groups excluding carboxylic acids is 1. The number of hydrogen-bond donors (Lipinski definition) is 2. The molecule has 4 nitrogen and oxygen atoms in total. The van der Waals surface area contributed by atoms with E-state index in [9.17, 15) is 4.79 Å². The Balaban J connectivity index is 1.97. The number of primary amides is 1. The van der Waals surface area contributed by atoms with E-state index in [1.165, 1.54) is 19.3 Å². The predicted molar refractivity (Wildman–Crippen MR) is 82.4 cm³/mol. The van der Waals surface area contributed by atoms with Gasteiger partial charge in [0.1, 0.15) is 5.54 Å². The number of likely N-dealkylation sites (N-methyl/N-ethyl adjacent to an activating group) is 1. The third kappa shape index (κ3) is 2.73. The molecule has 0 radical (unpaired) electrons. The molecule has 0 spiro atoms. The number of carbonyl (C=O) groups is 1. The van der Waals surface area contributed by atoms with Crippen LogP contribution in [0.2, 0.25) is 0 Å². The monoisotopic (exact) mass is 281 g/mol. The minimum atomic E-state index is -0.454. The molecule has 2 rings (SSSR count). The summed E-state index contributed by atoms with van der Waals surface area (Å²) in [5.74, 6) is 0.235. The lowest BCUT2D eigenvalue weighted by Gasteiger charge is -2.35. The topological polar surface area (TPSA) is 58.4 Å². The van der Waals surface area contributed by atoms with Crippen molar-refractivity contribution in [1.82, 2.24) is 10.2 Å². The molecule has 0 bridgehead atoms. The molecule has 1 saturated carbocycles. The predicted octanol–water partition coefficient (Wildman–Crippen LogP) is 1.88. The van der Waals surface area contributed by atoms with Crippen molar-refractivity contribution in [1.29, 1.82) is 0 Å². The van der Waals surface area contributed by atoms with Crippen molar-refractivity contribution in [3.8, 4) is 0 Å². The fourth-order valence-corrected chi connectivity index (χ4v) is 4.52. The van der Waals surface area contributed by atoms with Gasteiger partial charge in [0.25, 0.3) is 0 Å². The van der Waals surface area contributed by atoms with E-state index in [-0.39, 0.29) is 5.91 Å². The molecule has 1 amide bonds. The Labute approximate surface area is 123 Å². The minimum absolute atomic E-state index is 0.163. The van der Waals surface area contributed by atoms with Crippen molar-refractivity contribution in [3.05, 3.63) is 0 Å². The SMILES string of the molecule is CCC1CCC(C)N1CCC1CCCC1(NC)C(N)=O. The second-order valence-corrected chi connectivity index (χ2v) is 6.69. The van der Waals surface area contributed by atoms with Crippen LogP contribution in [0, 0.1) is 5.92 Å². The molecular weight excluding hydrogens is 250 g/mol. The number of amides is 1. The van der Waals surface area contributed by atoms with Gasteiger partial charge in [0.15, 0.2) is 0 Å². The molecule has 1 aliphatic carbocycles. The normalized spacial score (nSPS) is 38.5. The molecule has 0 aromatic heterocycles. The standard InChI is InChI=1S/C16H31N3O/c1-4-14-8-7-12(2)19(14)11-9-13-6-5-10-16(13,18-3)15(17)20/h12-14,18H,4-11H2,1-3H3,(H2,17,20). The van der Waals surface area contributed by atoms with E-state index in [0.29, 0.717) is 12.0 Å². The summed E-state index contributed by atoms with van der Waals surface area (Å²) in [5.41, 5.74) is 5.23. The summed E-state index contributed by atoms with van der Waals surface area (Å²) in [6.45, 7) is 5.73. The van der Waals surface area contributed by atoms with Gasteiger partial charge in [-0.3, -0.25) is 9.69 Å². The van der Waals surface area contributed by atoms with Crippen LogP contribution in [-0.4, -0.2) is 42.0 Å². The summed E-state index contributed by atoms with van der Waals surface area (Å²) in [6.07, 6.45) is 8.11. The van der Waals surface area contributed by atoms with Crippen LogP contribution in [-0.2, 0) is 4.79 Å².